The van der Waals surface area contributed by atoms with Crippen molar-refractivity contribution in [1.82, 2.24) is 5.32 Å². The van der Waals surface area contributed by atoms with E-state index in [2.05, 4.69) is 18.3 Å². The highest BCUT2D eigenvalue weighted by Crippen LogP contribution is 2.28. The molecule has 1 aromatic carbocycles. The number of rotatable bonds is 5. The largest absolute Gasteiger partial charge is 0.493 e. The molecule has 0 aliphatic carbocycles. The topological polar surface area (TPSA) is 39.7 Å². The normalized spacial score (nSPS) is 18.1. The Morgan fingerprint density at radius 2 is 1.84 bits per heavy atom. The molecule has 1 N–H and O–H groups in total. The minimum absolute atomic E-state index is 0.172. The van der Waals surface area contributed by atoms with Crippen LogP contribution in [0.1, 0.15) is 25.3 Å². The van der Waals surface area contributed by atoms with Gasteiger partial charge in [-0.05, 0) is 37.5 Å². The molecule has 1 aromatic rings. The minimum Gasteiger partial charge on any atom is -0.493 e. The van der Waals surface area contributed by atoms with Gasteiger partial charge in [-0.3, -0.25) is 0 Å². The van der Waals surface area contributed by atoms with Crippen molar-refractivity contribution in [3.05, 3.63) is 23.8 Å². The monoisotopic (exact) mass is 265 g/mol. The third-order valence-corrected chi connectivity index (χ3v) is 3.76. The molecule has 0 unspecified atom stereocenters. The van der Waals surface area contributed by atoms with Crippen LogP contribution in [0.25, 0.3) is 0 Å². The van der Waals surface area contributed by atoms with Gasteiger partial charge in [-0.15, -0.1) is 0 Å². The van der Waals surface area contributed by atoms with Crippen LogP contribution in [0.5, 0.6) is 11.5 Å². The van der Waals surface area contributed by atoms with Crippen LogP contribution in [0.2, 0.25) is 0 Å². The summed E-state index contributed by atoms with van der Waals surface area (Å²) in [6.45, 7) is 4.78. The second-order valence-corrected chi connectivity index (χ2v) is 5.22. The predicted molar refractivity (Wildman–Crippen MR) is 74.8 cm³/mol. The van der Waals surface area contributed by atoms with Crippen LogP contribution in [0, 0.1) is 0 Å². The van der Waals surface area contributed by atoms with Gasteiger partial charge in [0.1, 0.15) is 0 Å². The lowest BCUT2D eigenvalue weighted by Gasteiger charge is -2.34. The van der Waals surface area contributed by atoms with Crippen molar-refractivity contribution in [3.8, 4) is 11.5 Å². The molecule has 106 valence electrons. The summed E-state index contributed by atoms with van der Waals surface area (Å²) in [7, 11) is 3.31. The van der Waals surface area contributed by atoms with Gasteiger partial charge in [-0.2, -0.15) is 0 Å². The quantitative estimate of drug-likeness (QED) is 0.887. The Morgan fingerprint density at radius 3 is 2.47 bits per heavy atom. The molecule has 0 aromatic heterocycles. The van der Waals surface area contributed by atoms with Crippen LogP contribution < -0.4 is 14.8 Å². The zero-order valence-corrected chi connectivity index (χ0v) is 12.0. The molecule has 4 nitrogen and oxygen atoms in total. The number of nitrogens with one attached hydrogen (secondary N) is 1. The Labute approximate surface area is 115 Å². The first-order valence-corrected chi connectivity index (χ1v) is 6.70. The molecule has 1 saturated heterocycles. The smallest absolute Gasteiger partial charge is 0.161 e. The Balaban J connectivity index is 1.99. The van der Waals surface area contributed by atoms with Crippen LogP contribution >= 0.6 is 0 Å². The average Bonchev–Trinajstić information content (AvgIpc) is 2.45. The fraction of sp³-hybridized carbons (Fsp3) is 0.600. The van der Waals surface area contributed by atoms with Crippen LogP contribution in [0.3, 0.4) is 0 Å². The highest BCUT2D eigenvalue weighted by Gasteiger charge is 2.26. The van der Waals surface area contributed by atoms with Crippen molar-refractivity contribution in [2.24, 2.45) is 0 Å². The van der Waals surface area contributed by atoms with E-state index in [1.807, 2.05) is 12.1 Å². The summed E-state index contributed by atoms with van der Waals surface area (Å²) in [5, 5.41) is 3.63. The first-order valence-electron chi connectivity index (χ1n) is 6.70. The Morgan fingerprint density at radius 1 is 1.16 bits per heavy atom. The highest BCUT2D eigenvalue weighted by molar-refractivity contribution is 5.42. The molecule has 0 spiro atoms. The van der Waals surface area contributed by atoms with Crippen molar-refractivity contribution in [3.63, 3.8) is 0 Å². The first-order chi connectivity index (χ1) is 9.17. The van der Waals surface area contributed by atoms with Crippen LogP contribution in [0.4, 0.5) is 0 Å². The van der Waals surface area contributed by atoms with Gasteiger partial charge in [-0.25, -0.2) is 0 Å². The summed E-state index contributed by atoms with van der Waals surface area (Å²) in [6.07, 6.45) is 2.11. The molecule has 0 bridgehead atoms. The Bertz CT molecular complexity index is 414. The molecule has 19 heavy (non-hydrogen) atoms. The maximum Gasteiger partial charge on any atom is 0.161 e. The van der Waals surface area contributed by atoms with Crippen molar-refractivity contribution in [2.45, 2.75) is 31.8 Å². The molecule has 1 aliphatic rings. The van der Waals surface area contributed by atoms with Gasteiger partial charge in [-0.1, -0.05) is 6.07 Å². The van der Waals surface area contributed by atoms with Gasteiger partial charge in [0.15, 0.2) is 11.5 Å². The molecule has 0 radical (unpaired) electrons. The van der Waals surface area contributed by atoms with E-state index in [9.17, 15) is 0 Å². The Kier molecular flexibility index (Phi) is 4.66. The van der Waals surface area contributed by atoms with E-state index >= 15 is 0 Å². The van der Waals surface area contributed by atoms with Crippen LogP contribution in [-0.2, 0) is 11.3 Å². The van der Waals surface area contributed by atoms with Crippen LogP contribution in [0.15, 0.2) is 18.2 Å². The second-order valence-electron chi connectivity index (χ2n) is 5.22. The second kappa shape index (κ2) is 6.26. The molecule has 0 amide bonds. The summed E-state index contributed by atoms with van der Waals surface area (Å²) >= 11 is 0. The number of methoxy groups -OCH3 is 2. The van der Waals surface area contributed by atoms with Crippen molar-refractivity contribution >= 4 is 0 Å². The van der Waals surface area contributed by atoms with Gasteiger partial charge in [0.2, 0.25) is 0 Å². The third-order valence-electron chi connectivity index (χ3n) is 3.76. The van der Waals surface area contributed by atoms with Gasteiger partial charge >= 0.3 is 0 Å². The zero-order valence-electron chi connectivity index (χ0n) is 12.0. The van der Waals surface area contributed by atoms with Gasteiger partial charge < -0.3 is 19.5 Å². The summed E-state index contributed by atoms with van der Waals surface area (Å²) in [5.74, 6) is 1.54. The predicted octanol–water partition coefficient (Wildman–Crippen LogP) is 2.36. The van der Waals surface area contributed by atoms with Gasteiger partial charge in [0.05, 0.1) is 14.2 Å². The fourth-order valence-electron chi connectivity index (χ4n) is 2.30. The number of benzene rings is 1. The van der Waals surface area contributed by atoms with Crippen molar-refractivity contribution in [1.29, 1.82) is 0 Å². The van der Waals surface area contributed by atoms with Crippen molar-refractivity contribution < 1.29 is 14.2 Å². The molecule has 4 heteroatoms. The van der Waals surface area contributed by atoms with E-state index in [1.165, 1.54) is 5.56 Å². The zero-order chi connectivity index (χ0) is 13.7. The lowest BCUT2D eigenvalue weighted by Crippen LogP contribution is -2.46. The fourth-order valence-corrected chi connectivity index (χ4v) is 2.30. The summed E-state index contributed by atoms with van der Waals surface area (Å²) in [6, 6.07) is 6.04. The van der Waals surface area contributed by atoms with E-state index in [1.54, 1.807) is 14.2 Å². The number of ether oxygens (including phenoxy) is 3. The lowest BCUT2D eigenvalue weighted by molar-refractivity contribution is 0.0446. The van der Waals surface area contributed by atoms with E-state index in [0.717, 1.165) is 44.1 Å². The maximum atomic E-state index is 5.41. The molecule has 2 rings (SSSR count). The van der Waals surface area contributed by atoms with E-state index in [-0.39, 0.29) is 5.54 Å². The first kappa shape index (κ1) is 14.2. The molecule has 0 saturated carbocycles. The summed E-state index contributed by atoms with van der Waals surface area (Å²) in [4.78, 5) is 0. The standard InChI is InChI=1S/C15H23NO3/c1-15(6-8-19-9-7-15)16-11-12-4-5-13(17-2)14(10-12)18-3/h4-5,10,16H,6-9,11H2,1-3H3. The van der Waals surface area contributed by atoms with E-state index < -0.39 is 0 Å². The lowest BCUT2D eigenvalue weighted by atomic mass is 9.92. The number of hydrogen-bond donors (Lipinski definition) is 1. The van der Waals surface area contributed by atoms with Crippen molar-refractivity contribution in [2.75, 3.05) is 27.4 Å². The maximum absolute atomic E-state index is 5.41. The summed E-state index contributed by atoms with van der Waals surface area (Å²) in [5.41, 5.74) is 1.37. The number of hydrogen-bond acceptors (Lipinski definition) is 4. The third kappa shape index (κ3) is 3.61. The SMILES string of the molecule is COc1ccc(CNC2(C)CCOCC2)cc1OC. The average molecular weight is 265 g/mol. The van der Waals surface area contributed by atoms with E-state index in [4.69, 9.17) is 14.2 Å². The molecule has 0 atom stereocenters. The molecular weight excluding hydrogens is 242 g/mol. The summed E-state index contributed by atoms with van der Waals surface area (Å²) < 4.78 is 16.0. The minimum atomic E-state index is 0.172. The van der Waals surface area contributed by atoms with E-state index in [0.29, 0.717) is 0 Å². The molecular formula is C15H23NO3. The molecule has 1 fully saturated rings. The van der Waals surface area contributed by atoms with Gasteiger partial charge in [0, 0.05) is 25.3 Å². The highest BCUT2D eigenvalue weighted by atomic mass is 16.5. The molecule has 1 aliphatic heterocycles. The van der Waals surface area contributed by atoms with Gasteiger partial charge in [0.25, 0.3) is 0 Å². The molecule has 1 heterocycles. The Hall–Kier alpha value is -1.26. The van der Waals surface area contributed by atoms with Crippen LogP contribution in [-0.4, -0.2) is 33.0 Å².